The van der Waals surface area contributed by atoms with E-state index >= 15 is 0 Å². The molecule has 0 aliphatic heterocycles. The van der Waals surface area contributed by atoms with E-state index in [-0.39, 0.29) is 0 Å². The summed E-state index contributed by atoms with van der Waals surface area (Å²) in [6.07, 6.45) is 13.7. The molecule has 0 saturated carbocycles. The standard InChI is InChI=1S/C39H42N2S2/c1-3-4-5-6-7-8-9-10-11-12-21-41-35-20-18-29(39-16-14-23-43-39)25-31(35)33-26-36-32(27-37(33)41)30-24-28(38-15-13-22-42-38)17-19-34(30)40(36)2/h13-20,22-27H,3-12,21H2,1-2H3. The number of aryl methyl sites for hydroxylation is 2. The molecule has 43 heavy (non-hydrogen) atoms. The molecule has 0 bridgehead atoms. The van der Waals surface area contributed by atoms with E-state index in [1.807, 2.05) is 22.7 Å². The molecule has 0 unspecified atom stereocenters. The van der Waals surface area contributed by atoms with Crippen molar-refractivity contribution < 1.29 is 0 Å². The van der Waals surface area contributed by atoms with E-state index < -0.39 is 0 Å². The van der Waals surface area contributed by atoms with Gasteiger partial charge in [0.05, 0.1) is 0 Å². The van der Waals surface area contributed by atoms with Crippen LogP contribution in [0.2, 0.25) is 0 Å². The molecule has 220 valence electrons. The average molecular weight is 603 g/mol. The lowest BCUT2D eigenvalue weighted by atomic mass is 10.1. The summed E-state index contributed by atoms with van der Waals surface area (Å²) in [5, 5.41) is 9.80. The number of aromatic nitrogens is 2. The van der Waals surface area contributed by atoms with Crippen molar-refractivity contribution in [2.24, 2.45) is 7.05 Å². The van der Waals surface area contributed by atoms with Crippen LogP contribution in [0.5, 0.6) is 0 Å². The predicted molar refractivity (Wildman–Crippen MR) is 192 cm³/mol. The lowest BCUT2D eigenvalue weighted by Gasteiger charge is -2.09. The van der Waals surface area contributed by atoms with Crippen molar-refractivity contribution in [1.82, 2.24) is 9.13 Å². The minimum Gasteiger partial charge on any atom is -0.344 e. The van der Waals surface area contributed by atoms with Crippen LogP contribution in [-0.4, -0.2) is 9.13 Å². The minimum absolute atomic E-state index is 1.07. The van der Waals surface area contributed by atoms with Gasteiger partial charge >= 0.3 is 0 Å². The molecule has 7 aromatic rings. The lowest BCUT2D eigenvalue weighted by molar-refractivity contribution is 0.541. The second kappa shape index (κ2) is 12.7. The fraction of sp³-hybridized carbons (Fsp3) is 0.333. The predicted octanol–water partition coefficient (Wildman–Crippen LogP) is 12.8. The first-order chi connectivity index (χ1) is 21.2. The highest BCUT2D eigenvalue weighted by Gasteiger charge is 2.17. The van der Waals surface area contributed by atoms with Crippen LogP contribution in [0.3, 0.4) is 0 Å². The molecule has 0 amide bonds. The zero-order valence-corrected chi connectivity index (χ0v) is 27.2. The molecule has 3 aromatic carbocycles. The van der Waals surface area contributed by atoms with Crippen molar-refractivity contribution in [3.8, 4) is 20.9 Å². The maximum Gasteiger partial charge on any atom is 0.0499 e. The summed E-state index contributed by atoms with van der Waals surface area (Å²) in [5.74, 6) is 0. The molecule has 0 spiro atoms. The van der Waals surface area contributed by atoms with Crippen LogP contribution >= 0.6 is 22.7 Å². The third-order valence-electron chi connectivity index (χ3n) is 9.34. The van der Waals surface area contributed by atoms with Gasteiger partial charge in [0.15, 0.2) is 0 Å². The molecule has 0 saturated heterocycles. The minimum atomic E-state index is 1.07. The number of hydrogen-bond donors (Lipinski definition) is 0. The van der Waals surface area contributed by atoms with Gasteiger partial charge in [-0.1, -0.05) is 89.0 Å². The van der Waals surface area contributed by atoms with Crippen LogP contribution in [0.25, 0.3) is 64.5 Å². The Labute approximate surface area is 263 Å². The van der Waals surface area contributed by atoms with E-state index in [0.717, 1.165) is 6.54 Å². The Morgan fingerprint density at radius 2 is 1.02 bits per heavy atom. The second-order valence-corrected chi connectivity index (χ2v) is 14.1. The number of hydrogen-bond acceptors (Lipinski definition) is 2. The summed E-state index contributed by atoms with van der Waals surface area (Å²) >= 11 is 3.64. The number of thiophene rings is 2. The normalized spacial score (nSPS) is 12.0. The molecular formula is C39H42N2S2. The van der Waals surface area contributed by atoms with Gasteiger partial charge in [-0.2, -0.15) is 0 Å². The molecule has 0 aliphatic carbocycles. The molecule has 0 atom stereocenters. The van der Waals surface area contributed by atoms with Crippen LogP contribution in [0.1, 0.15) is 71.1 Å². The quantitative estimate of drug-likeness (QED) is 0.116. The van der Waals surface area contributed by atoms with Gasteiger partial charge in [0, 0.05) is 67.0 Å². The summed E-state index contributed by atoms with van der Waals surface area (Å²) in [6, 6.07) is 27.8. The summed E-state index contributed by atoms with van der Waals surface area (Å²) in [7, 11) is 2.22. The lowest BCUT2D eigenvalue weighted by Crippen LogP contribution is -1.98. The highest BCUT2D eigenvalue weighted by molar-refractivity contribution is 7.13. The van der Waals surface area contributed by atoms with E-state index in [0.29, 0.717) is 0 Å². The summed E-state index contributed by atoms with van der Waals surface area (Å²) < 4.78 is 5.01. The number of benzene rings is 3. The molecule has 4 aromatic heterocycles. The monoisotopic (exact) mass is 602 g/mol. The third kappa shape index (κ3) is 5.56. The maximum absolute atomic E-state index is 2.62. The van der Waals surface area contributed by atoms with Crippen molar-refractivity contribution >= 4 is 66.3 Å². The van der Waals surface area contributed by atoms with Gasteiger partial charge in [-0.25, -0.2) is 0 Å². The number of nitrogens with zero attached hydrogens (tertiary/aromatic N) is 2. The zero-order valence-electron chi connectivity index (χ0n) is 25.6. The topological polar surface area (TPSA) is 9.86 Å². The van der Waals surface area contributed by atoms with E-state index in [9.17, 15) is 0 Å². The van der Waals surface area contributed by atoms with Gasteiger partial charge in [-0.3, -0.25) is 0 Å². The Kier molecular flexibility index (Phi) is 8.41. The van der Waals surface area contributed by atoms with Gasteiger partial charge in [-0.15, -0.1) is 22.7 Å². The van der Waals surface area contributed by atoms with E-state index in [1.54, 1.807) is 0 Å². The summed E-state index contributed by atoms with van der Waals surface area (Å²) in [5.41, 5.74) is 7.97. The Balaban J connectivity index is 1.25. The average Bonchev–Trinajstić information content (AvgIpc) is 3.85. The molecule has 4 heteroatoms. The molecule has 0 radical (unpaired) electrons. The van der Waals surface area contributed by atoms with E-state index in [2.05, 4.69) is 107 Å². The summed E-state index contributed by atoms with van der Waals surface area (Å²) in [6.45, 7) is 3.37. The van der Waals surface area contributed by atoms with E-state index in [1.165, 1.54) is 129 Å². The highest BCUT2D eigenvalue weighted by Crippen LogP contribution is 2.40. The van der Waals surface area contributed by atoms with Crippen molar-refractivity contribution in [2.45, 2.75) is 77.7 Å². The maximum atomic E-state index is 2.62. The first kappa shape index (κ1) is 28.4. The molecule has 0 N–H and O–H groups in total. The van der Waals surface area contributed by atoms with Crippen LogP contribution in [0, 0.1) is 0 Å². The molecule has 0 aliphatic rings. The summed E-state index contributed by atoms with van der Waals surface area (Å²) in [4.78, 5) is 2.67. The van der Waals surface area contributed by atoms with Crippen LogP contribution < -0.4 is 0 Å². The molecular weight excluding hydrogens is 561 g/mol. The Morgan fingerprint density at radius 3 is 1.63 bits per heavy atom. The third-order valence-corrected chi connectivity index (χ3v) is 11.2. The molecule has 0 fully saturated rings. The highest BCUT2D eigenvalue weighted by atomic mass is 32.1. The van der Waals surface area contributed by atoms with Crippen molar-refractivity contribution in [2.75, 3.05) is 0 Å². The number of rotatable bonds is 13. The number of unbranched alkanes of at least 4 members (excludes halogenated alkanes) is 9. The van der Waals surface area contributed by atoms with Crippen LogP contribution in [0.15, 0.2) is 83.6 Å². The van der Waals surface area contributed by atoms with Gasteiger partial charge in [0.25, 0.3) is 0 Å². The Hall–Kier alpha value is -3.34. The van der Waals surface area contributed by atoms with Crippen molar-refractivity contribution in [1.29, 1.82) is 0 Å². The van der Waals surface area contributed by atoms with Gasteiger partial charge in [0.2, 0.25) is 0 Å². The van der Waals surface area contributed by atoms with Crippen LogP contribution in [0.4, 0.5) is 0 Å². The largest absolute Gasteiger partial charge is 0.344 e. The molecule has 2 nitrogen and oxygen atoms in total. The second-order valence-electron chi connectivity index (χ2n) is 12.2. The fourth-order valence-electron chi connectivity index (χ4n) is 6.99. The number of fused-ring (bicyclic) bond motifs is 6. The zero-order chi connectivity index (χ0) is 29.2. The van der Waals surface area contributed by atoms with Crippen molar-refractivity contribution in [3.05, 3.63) is 83.6 Å². The van der Waals surface area contributed by atoms with E-state index in [4.69, 9.17) is 0 Å². The fourth-order valence-corrected chi connectivity index (χ4v) is 8.44. The first-order valence-electron chi connectivity index (χ1n) is 16.3. The van der Waals surface area contributed by atoms with Gasteiger partial charge < -0.3 is 9.13 Å². The van der Waals surface area contributed by atoms with Crippen molar-refractivity contribution in [3.63, 3.8) is 0 Å². The molecule has 4 heterocycles. The smallest absolute Gasteiger partial charge is 0.0499 e. The van der Waals surface area contributed by atoms with Gasteiger partial charge in [-0.05, 0) is 76.8 Å². The Morgan fingerprint density at radius 1 is 0.512 bits per heavy atom. The first-order valence-corrected chi connectivity index (χ1v) is 18.0. The Bertz CT molecular complexity index is 1970. The van der Waals surface area contributed by atoms with Gasteiger partial charge in [0.1, 0.15) is 0 Å². The molecule has 7 rings (SSSR count). The SMILES string of the molecule is CCCCCCCCCCCCn1c2ccc(-c3cccs3)cc2c2cc3c(cc21)c1cc(-c2cccs2)ccc1n3C. The van der Waals surface area contributed by atoms with Crippen LogP contribution in [-0.2, 0) is 13.6 Å².